The number of rotatable bonds is 8. The zero-order valence-corrected chi connectivity index (χ0v) is 31.5. The molecular formula is C52H39N3O2. The Morgan fingerprint density at radius 2 is 1.14 bits per heavy atom. The van der Waals surface area contributed by atoms with Crippen LogP contribution in [0.25, 0.3) is 74.3 Å². The van der Waals surface area contributed by atoms with Crippen molar-refractivity contribution >= 4 is 68.5 Å². The number of fused-ring (bicyclic) bond motifs is 4. The van der Waals surface area contributed by atoms with Gasteiger partial charge in [-0.3, -0.25) is 0 Å². The maximum absolute atomic E-state index is 6.18. The van der Waals surface area contributed by atoms with E-state index in [1.54, 1.807) is 0 Å². The number of aryl methyl sites for hydroxylation is 2. The van der Waals surface area contributed by atoms with E-state index in [0.29, 0.717) is 11.8 Å². The fourth-order valence-electron chi connectivity index (χ4n) is 7.95. The van der Waals surface area contributed by atoms with Crippen LogP contribution < -0.4 is 15.3 Å². The zero-order chi connectivity index (χ0) is 38.3. The highest BCUT2D eigenvalue weighted by atomic mass is 16.4. The molecule has 0 radical (unpaired) electrons. The molecule has 8 aromatic rings. The molecule has 274 valence electrons. The second kappa shape index (κ2) is 14.4. The summed E-state index contributed by atoms with van der Waals surface area (Å²) < 4.78 is 12.4. The Hall–Kier alpha value is -7.24. The molecular weight excluding hydrogens is 699 g/mol. The van der Waals surface area contributed by atoms with Crippen molar-refractivity contribution in [2.75, 3.05) is 4.90 Å². The molecule has 5 heteroatoms. The summed E-state index contributed by atoms with van der Waals surface area (Å²) >= 11 is 0. The van der Waals surface area contributed by atoms with Crippen molar-refractivity contribution in [3.63, 3.8) is 0 Å². The van der Waals surface area contributed by atoms with Gasteiger partial charge in [0.1, 0.15) is 22.9 Å². The van der Waals surface area contributed by atoms with Crippen LogP contribution in [0.1, 0.15) is 41.3 Å². The van der Waals surface area contributed by atoms with Crippen molar-refractivity contribution in [1.29, 1.82) is 0 Å². The summed E-state index contributed by atoms with van der Waals surface area (Å²) in [4.78, 5) is 11.8. The van der Waals surface area contributed by atoms with Crippen molar-refractivity contribution in [2.24, 2.45) is 0 Å². The van der Waals surface area contributed by atoms with Crippen molar-refractivity contribution in [3.8, 4) is 22.9 Å². The Labute approximate surface area is 331 Å². The minimum absolute atomic E-state index is 0.647. The van der Waals surface area contributed by atoms with Gasteiger partial charge in [0.25, 0.3) is 0 Å². The van der Waals surface area contributed by atoms with Crippen LogP contribution in [-0.4, -0.2) is 9.97 Å². The number of benzene rings is 6. The number of nitrogens with zero attached hydrogens (tertiary/aromatic N) is 3. The first-order valence-corrected chi connectivity index (χ1v) is 19.5. The smallest absolute Gasteiger partial charge is 0.226 e. The maximum atomic E-state index is 6.18. The van der Waals surface area contributed by atoms with Gasteiger partial charge >= 0.3 is 0 Å². The Balaban J connectivity index is 1.00. The summed E-state index contributed by atoms with van der Waals surface area (Å²) in [5.74, 6) is 3.20. The van der Waals surface area contributed by atoms with E-state index in [0.717, 1.165) is 109 Å². The predicted molar refractivity (Wildman–Crippen MR) is 236 cm³/mol. The third-order valence-electron chi connectivity index (χ3n) is 10.9. The van der Waals surface area contributed by atoms with Crippen LogP contribution >= 0.6 is 0 Å². The molecule has 2 aliphatic rings. The van der Waals surface area contributed by atoms with E-state index < -0.39 is 0 Å². The quantitative estimate of drug-likeness (QED) is 0.155. The standard InChI is InChI=1S/C52H39N3O2/c1-3-10-35-17-20-41(46-12-5-4-11-45(35)46)31-34(2)38-18-19-40-33-44(30-25-39(40)32-38)55(42-26-21-36(22-27-42)51-53-47-13-6-8-15-49(47)56-51)43-28-23-37(24-29-43)52-54-48-14-7-9-16-50(48)57-52/h3-7,10-14,17-33H,1-2,8-9,15-16H2/b35-10-,41-31-. The Morgan fingerprint density at radius 3 is 1.74 bits per heavy atom. The lowest BCUT2D eigenvalue weighted by molar-refractivity contribution is 0.516. The van der Waals surface area contributed by atoms with Crippen molar-refractivity contribution in [2.45, 2.75) is 25.7 Å². The minimum atomic E-state index is 0.647. The lowest BCUT2D eigenvalue weighted by atomic mass is 9.99. The molecule has 0 amide bonds. The van der Waals surface area contributed by atoms with Gasteiger partial charge in [-0.05, 0) is 141 Å². The molecule has 0 bridgehead atoms. The highest BCUT2D eigenvalue weighted by molar-refractivity contribution is 5.97. The number of hydrogen-bond donors (Lipinski definition) is 0. The summed E-state index contributed by atoms with van der Waals surface area (Å²) in [5.41, 5.74) is 8.85. The molecule has 0 N–H and O–H groups in total. The van der Waals surface area contributed by atoms with Crippen molar-refractivity contribution in [1.82, 2.24) is 9.97 Å². The fraction of sp³-hybridized carbons (Fsp3) is 0.0769. The van der Waals surface area contributed by atoms with Crippen LogP contribution in [0.15, 0.2) is 162 Å². The highest BCUT2D eigenvalue weighted by Gasteiger charge is 2.19. The molecule has 0 atom stereocenters. The number of hydrogen-bond acceptors (Lipinski definition) is 5. The van der Waals surface area contributed by atoms with Crippen LogP contribution in [0.5, 0.6) is 0 Å². The van der Waals surface area contributed by atoms with E-state index in [4.69, 9.17) is 18.8 Å². The van der Waals surface area contributed by atoms with Gasteiger partial charge in [-0.25, -0.2) is 9.97 Å². The Kier molecular flexibility index (Phi) is 8.68. The molecule has 0 spiro atoms. The largest absolute Gasteiger partial charge is 0.441 e. The van der Waals surface area contributed by atoms with Gasteiger partial charge in [0, 0.05) is 41.0 Å². The molecule has 5 nitrogen and oxygen atoms in total. The summed E-state index contributed by atoms with van der Waals surface area (Å²) in [5, 5.41) is 6.95. The van der Waals surface area contributed by atoms with Crippen LogP contribution in [0, 0.1) is 0 Å². The third kappa shape index (κ3) is 6.53. The summed E-state index contributed by atoms with van der Waals surface area (Å²) in [6.45, 7) is 8.39. The van der Waals surface area contributed by atoms with Crippen LogP contribution in [0.3, 0.4) is 0 Å². The summed E-state index contributed by atoms with van der Waals surface area (Å²) in [6.07, 6.45) is 18.2. The maximum Gasteiger partial charge on any atom is 0.226 e. The highest BCUT2D eigenvalue weighted by Crippen LogP contribution is 2.39. The molecule has 6 aromatic carbocycles. The van der Waals surface area contributed by atoms with Gasteiger partial charge in [-0.15, -0.1) is 0 Å². The molecule has 0 saturated heterocycles. The van der Waals surface area contributed by atoms with Gasteiger partial charge in [-0.2, -0.15) is 0 Å². The van der Waals surface area contributed by atoms with Gasteiger partial charge in [0.05, 0.1) is 0 Å². The number of oxazole rings is 2. The fourth-order valence-corrected chi connectivity index (χ4v) is 7.95. The zero-order valence-electron chi connectivity index (χ0n) is 31.5. The lowest BCUT2D eigenvalue weighted by Gasteiger charge is -2.26. The van der Waals surface area contributed by atoms with Gasteiger partial charge in [-0.1, -0.05) is 92.1 Å². The van der Waals surface area contributed by atoms with Gasteiger partial charge in [0.2, 0.25) is 11.8 Å². The average molecular weight is 738 g/mol. The SMILES string of the molecule is C=C/C=c1/cc/c(=C/C(=C)c2ccc3cc(N(c4ccc(-c5nc6c(o5)CCC=C6)cc4)c4ccc(-c5nc6c(o5)CCC=C6)cc4)ccc3c2)c2ccccc12. The Bertz CT molecular complexity index is 2950. The van der Waals surface area contributed by atoms with Crippen molar-refractivity contribution < 1.29 is 8.83 Å². The molecule has 10 rings (SSSR count). The van der Waals surface area contributed by atoms with E-state index in [9.17, 15) is 0 Å². The molecule has 2 aromatic heterocycles. The normalized spacial score (nSPS) is 13.9. The monoisotopic (exact) mass is 737 g/mol. The lowest BCUT2D eigenvalue weighted by Crippen LogP contribution is -2.11. The number of aromatic nitrogens is 2. The second-order valence-electron chi connectivity index (χ2n) is 14.6. The van der Waals surface area contributed by atoms with Gasteiger partial charge < -0.3 is 13.7 Å². The van der Waals surface area contributed by atoms with Crippen molar-refractivity contribution in [3.05, 3.63) is 192 Å². The molecule has 2 aliphatic carbocycles. The van der Waals surface area contributed by atoms with Crippen LogP contribution in [0.4, 0.5) is 17.1 Å². The van der Waals surface area contributed by atoms with E-state index in [1.807, 2.05) is 12.2 Å². The molecule has 0 saturated carbocycles. The molecule has 2 heterocycles. The van der Waals surface area contributed by atoms with E-state index in [2.05, 4.69) is 170 Å². The summed E-state index contributed by atoms with van der Waals surface area (Å²) in [7, 11) is 0. The van der Waals surface area contributed by atoms with E-state index in [-0.39, 0.29) is 0 Å². The Morgan fingerprint density at radius 1 is 0.596 bits per heavy atom. The molecule has 0 unspecified atom stereocenters. The van der Waals surface area contributed by atoms with Crippen LogP contribution in [-0.2, 0) is 12.8 Å². The van der Waals surface area contributed by atoms with Gasteiger partial charge in [0.15, 0.2) is 0 Å². The van der Waals surface area contributed by atoms with E-state index >= 15 is 0 Å². The third-order valence-corrected chi connectivity index (χ3v) is 10.9. The van der Waals surface area contributed by atoms with E-state index in [1.165, 1.54) is 10.8 Å². The summed E-state index contributed by atoms with van der Waals surface area (Å²) in [6, 6.07) is 42.9. The average Bonchev–Trinajstić information content (AvgIpc) is 3.90. The first kappa shape index (κ1) is 34.3. The first-order chi connectivity index (χ1) is 28.1. The molecule has 0 aliphatic heterocycles. The topological polar surface area (TPSA) is 55.3 Å². The first-order valence-electron chi connectivity index (χ1n) is 19.5. The van der Waals surface area contributed by atoms with Crippen LogP contribution in [0.2, 0.25) is 0 Å². The predicted octanol–water partition coefficient (Wildman–Crippen LogP) is 12.2. The second-order valence-corrected chi connectivity index (χ2v) is 14.6. The minimum Gasteiger partial charge on any atom is -0.441 e. The molecule has 0 fully saturated rings. The number of allylic oxidation sites excluding steroid dienone is 4. The molecule has 57 heavy (non-hydrogen) atoms. The number of anilines is 3.